The number of carbonyl (C=O) groups is 4. The van der Waals surface area contributed by atoms with Crippen LogP contribution in [0.15, 0.2) is 42.5 Å². The predicted octanol–water partition coefficient (Wildman–Crippen LogP) is 1.87. The number of piperidine rings is 1. The minimum absolute atomic E-state index is 0.0138. The number of fused-ring (bicyclic) bond motifs is 1. The molecule has 1 atom stereocenters. The van der Waals surface area contributed by atoms with E-state index in [4.69, 9.17) is 9.47 Å². The normalized spacial score (nSPS) is 18.6. The van der Waals surface area contributed by atoms with E-state index in [0.717, 1.165) is 16.3 Å². The third-order valence-corrected chi connectivity index (χ3v) is 6.30. The van der Waals surface area contributed by atoms with Crippen LogP contribution in [-0.2, 0) is 30.3 Å². The van der Waals surface area contributed by atoms with E-state index < -0.39 is 18.1 Å². The van der Waals surface area contributed by atoms with E-state index in [1.165, 1.54) is 4.90 Å². The number of cyclic esters (lactones) is 1. The third-order valence-electron chi connectivity index (χ3n) is 6.30. The topological polar surface area (TPSA) is 105 Å². The molecule has 1 N–H and O–H groups in total. The lowest BCUT2D eigenvalue weighted by Crippen LogP contribution is -2.53. The van der Waals surface area contributed by atoms with Crippen LogP contribution in [0.2, 0.25) is 0 Å². The molecule has 2 aromatic carbocycles. The molecule has 9 nitrogen and oxygen atoms in total. The number of hydrogen-bond donors (Lipinski definition) is 1. The zero-order valence-corrected chi connectivity index (χ0v) is 19.2. The van der Waals surface area contributed by atoms with Gasteiger partial charge < -0.3 is 19.7 Å². The number of esters is 1. The zero-order valence-electron chi connectivity index (χ0n) is 19.2. The van der Waals surface area contributed by atoms with Gasteiger partial charge in [0.1, 0.15) is 6.61 Å². The van der Waals surface area contributed by atoms with Gasteiger partial charge in [0.2, 0.25) is 11.8 Å². The fourth-order valence-corrected chi connectivity index (χ4v) is 4.53. The molecule has 0 aromatic heterocycles. The molecule has 0 saturated carbocycles. The van der Waals surface area contributed by atoms with Crippen molar-refractivity contribution in [1.82, 2.24) is 15.1 Å². The Morgan fingerprint density at radius 2 is 1.82 bits per heavy atom. The third kappa shape index (κ3) is 5.30. The highest BCUT2D eigenvalue weighted by Gasteiger charge is 2.44. The lowest BCUT2D eigenvalue weighted by atomic mass is 10.0. The standard InChI is InChI=1S/C25H29N3O6/c1-2-33-24(31)21-16-34-25(32)28(21)20-9-11-27(12-10-20)23(30)15-26-22(29)14-17-7-8-18-5-3-4-6-19(18)13-17/h3-8,13,20-21H,2,9-12,14-16H2,1H3,(H,26,29)/t21-/m0/s1. The molecule has 0 bridgehead atoms. The SMILES string of the molecule is CCOC(=O)[C@@H]1COC(=O)N1C1CCN(C(=O)CNC(=O)Cc2ccc3ccccc3c2)CC1. The first kappa shape index (κ1) is 23.5. The summed E-state index contributed by atoms with van der Waals surface area (Å²) in [5.74, 6) is -0.854. The molecule has 0 spiro atoms. The maximum absolute atomic E-state index is 12.6. The van der Waals surface area contributed by atoms with Crippen LogP contribution in [0, 0.1) is 0 Å². The van der Waals surface area contributed by atoms with Gasteiger partial charge >= 0.3 is 12.1 Å². The first-order chi connectivity index (χ1) is 16.5. The summed E-state index contributed by atoms with van der Waals surface area (Å²) in [6.45, 7) is 2.72. The number of rotatable bonds is 7. The van der Waals surface area contributed by atoms with E-state index in [1.54, 1.807) is 11.8 Å². The summed E-state index contributed by atoms with van der Waals surface area (Å²) in [7, 11) is 0. The maximum Gasteiger partial charge on any atom is 0.410 e. The van der Waals surface area contributed by atoms with Gasteiger partial charge in [-0.15, -0.1) is 0 Å². The van der Waals surface area contributed by atoms with Crippen molar-refractivity contribution in [3.63, 3.8) is 0 Å². The van der Waals surface area contributed by atoms with Crippen LogP contribution >= 0.6 is 0 Å². The van der Waals surface area contributed by atoms with Crippen molar-refractivity contribution in [3.8, 4) is 0 Å². The molecule has 180 valence electrons. The number of ether oxygens (including phenoxy) is 2. The highest BCUT2D eigenvalue weighted by atomic mass is 16.6. The molecule has 4 rings (SSSR count). The van der Waals surface area contributed by atoms with Gasteiger partial charge in [-0.25, -0.2) is 9.59 Å². The van der Waals surface area contributed by atoms with Crippen LogP contribution < -0.4 is 5.32 Å². The van der Waals surface area contributed by atoms with Crippen molar-refractivity contribution in [2.24, 2.45) is 0 Å². The Labute approximate surface area is 198 Å². The van der Waals surface area contributed by atoms with E-state index in [0.29, 0.717) is 25.9 Å². The molecule has 2 aliphatic rings. The molecular weight excluding hydrogens is 438 g/mol. The number of hydrogen-bond acceptors (Lipinski definition) is 6. The van der Waals surface area contributed by atoms with Gasteiger partial charge in [-0.3, -0.25) is 14.5 Å². The Bertz CT molecular complexity index is 1080. The minimum Gasteiger partial charge on any atom is -0.464 e. The average Bonchev–Trinajstić information content (AvgIpc) is 3.24. The fourth-order valence-electron chi connectivity index (χ4n) is 4.53. The quantitative estimate of drug-likeness (QED) is 0.624. The Morgan fingerprint density at radius 1 is 1.09 bits per heavy atom. The monoisotopic (exact) mass is 467 g/mol. The van der Waals surface area contributed by atoms with Crippen LogP contribution in [0.3, 0.4) is 0 Å². The van der Waals surface area contributed by atoms with E-state index in [1.807, 2.05) is 42.5 Å². The smallest absolute Gasteiger partial charge is 0.410 e. The van der Waals surface area contributed by atoms with Crippen molar-refractivity contribution in [1.29, 1.82) is 0 Å². The number of benzene rings is 2. The Morgan fingerprint density at radius 3 is 2.56 bits per heavy atom. The summed E-state index contributed by atoms with van der Waals surface area (Å²) in [6, 6.07) is 12.9. The van der Waals surface area contributed by atoms with Crippen molar-refractivity contribution in [2.45, 2.75) is 38.3 Å². The summed E-state index contributed by atoms with van der Waals surface area (Å²) in [5.41, 5.74) is 0.887. The number of carbonyl (C=O) groups excluding carboxylic acids is 4. The molecule has 2 aliphatic heterocycles. The highest BCUT2D eigenvalue weighted by molar-refractivity contribution is 5.88. The molecule has 2 saturated heterocycles. The number of nitrogens with one attached hydrogen (secondary N) is 1. The molecule has 2 heterocycles. The Balaban J connectivity index is 1.24. The average molecular weight is 468 g/mol. The Hall–Kier alpha value is -3.62. The second-order valence-corrected chi connectivity index (χ2v) is 8.50. The molecule has 0 radical (unpaired) electrons. The number of amides is 3. The van der Waals surface area contributed by atoms with E-state index in [2.05, 4.69) is 5.32 Å². The summed E-state index contributed by atoms with van der Waals surface area (Å²) in [6.07, 6.45) is 0.736. The number of nitrogens with zero attached hydrogens (tertiary/aromatic N) is 2. The van der Waals surface area contributed by atoms with Crippen LogP contribution in [-0.4, -0.2) is 78.6 Å². The van der Waals surface area contributed by atoms with Gasteiger partial charge in [-0.05, 0) is 36.1 Å². The summed E-state index contributed by atoms with van der Waals surface area (Å²) in [5, 5.41) is 4.89. The van der Waals surface area contributed by atoms with Crippen LogP contribution in [0.5, 0.6) is 0 Å². The number of likely N-dealkylation sites (tertiary alicyclic amines) is 1. The van der Waals surface area contributed by atoms with Crippen LogP contribution in [0.1, 0.15) is 25.3 Å². The predicted molar refractivity (Wildman–Crippen MR) is 124 cm³/mol. The van der Waals surface area contributed by atoms with E-state index >= 15 is 0 Å². The zero-order chi connectivity index (χ0) is 24.1. The second kappa shape index (κ2) is 10.5. The molecule has 0 aliphatic carbocycles. The molecule has 2 aromatic rings. The van der Waals surface area contributed by atoms with Gasteiger partial charge in [0, 0.05) is 19.1 Å². The van der Waals surface area contributed by atoms with Gasteiger partial charge in [-0.1, -0.05) is 42.5 Å². The molecule has 9 heteroatoms. The molecule has 2 fully saturated rings. The van der Waals surface area contributed by atoms with Gasteiger partial charge in [0.15, 0.2) is 6.04 Å². The molecule has 34 heavy (non-hydrogen) atoms. The first-order valence-electron chi connectivity index (χ1n) is 11.6. The van der Waals surface area contributed by atoms with E-state index in [-0.39, 0.29) is 44.0 Å². The molecule has 0 unspecified atom stereocenters. The van der Waals surface area contributed by atoms with E-state index in [9.17, 15) is 19.2 Å². The van der Waals surface area contributed by atoms with Crippen LogP contribution in [0.25, 0.3) is 10.8 Å². The molecular formula is C25H29N3O6. The van der Waals surface area contributed by atoms with Gasteiger partial charge in [0.25, 0.3) is 0 Å². The van der Waals surface area contributed by atoms with Crippen LogP contribution in [0.4, 0.5) is 4.79 Å². The summed E-state index contributed by atoms with van der Waals surface area (Å²) < 4.78 is 10.1. The van der Waals surface area contributed by atoms with Crippen molar-refractivity contribution in [3.05, 3.63) is 48.0 Å². The minimum atomic E-state index is -0.742. The lowest BCUT2D eigenvalue weighted by Gasteiger charge is -2.37. The van der Waals surface area contributed by atoms with Gasteiger partial charge in [0.05, 0.1) is 19.6 Å². The molecule has 3 amide bonds. The second-order valence-electron chi connectivity index (χ2n) is 8.50. The summed E-state index contributed by atoms with van der Waals surface area (Å²) >= 11 is 0. The first-order valence-corrected chi connectivity index (χ1v) is 11.6. The highest BCUT2D eigenvalue weighted by Crippen LogP contribution is 2.25. The fraction of sp³-hybridized carbons (Fsp3) is 0.440. The van der Waals surface area contributed by atoms with Crippen molar-refractivity contribution >= 4 is 34.6 Å². The van der Waals surface area contributed by atoms with Gasteiger partial charge in [-0.2, -0.15) is 0 Å². The maximum atomic E-state index is 12.6. The van der Waals surface area contributed by atoms with Crippen molar-refractivity contribution < 1.29 is 28.7 Å². The van der Waals surface area contributed by atoms with Crippen molar-refractivity contribution in [2.75, 3.05) is 32.8 Å². The summed E-state index contributed by atoms with van der Waals surface area (Å²) in [4.78, 5) is 52.4. The largest absolute Gasteiger partial charge is 0.464 e. The Kier molecular flexibility index (Phi) is 7.30. The lowest BCUT2D eigenvalue weighted by molar-refractivity contribution is -0.148.